The Balaban J connectivity index is 1.90. The van der Waals surface area contributed by atoms with Gasteiger partial charge in [-0.1, -0.05) is 18.2 Å². The van der Waals surface area contributed by atoms with Crippen LogP contribution >= 0.6 is 0 Å². The maximum Gasteiger partial charge on any atom is 0.265 e. The molecule has 0 bridgehead atoms. The van der Waals surface area contributed by atoms with Gasteiger partial charge in [-0.15, -0.1) is 6.58 Å². The number of furan rings is 1. The molecule has 4 aromatic heterocycles. The molecular formula is C20H14N6O2. The first-order valence-corrected chi connectivity index (χ1v) is 8.61. The van der Waals surface area contributed by atoms with E-state index in [2.05, 4.69) is 26.6 Å². The first-order valence-electron chi connectivity index (χ1n) is 8.61. The fraction of sp³-hybridized carbons (Fsp3) is 0.0500. The van der Waals surface area contributed by atoms with Gasteiger partial charge in [-0.25, -0.2) is 15.0 Å². The number of fused-ring (bicyclic) bond motifs is 4. The molecule has 0 fully saturated rings. The van der Waals surface area contributed by atoms with Gasteiger partial charge in [0.15, 0.2) is 11.3 Å². The molecule has 0 aliphatic rings. The number of rotatable bonds is 4. The number of hydrogen-bond acceptors (Lipinski definition) is 6. The Morgan fingerprint density at radius 1 is 1.11 bits per heavy atom. The first kappa shape index (κ1) is 16.1. The second-order valence-electron chi connectivity index (χ2n) is 6.15. The summed E-state index contributed by atoms with van der Waals surface area (Å²) in [5.74, 6) is 0.573. The zero-order chi connectivity index (χ0) is 19.1. The van der Waals surface area contributed by atoms with Gasteiger partial charge in [0, 0.05) is 6.54 Å². The molecule has 4 heterocycles. The minimum Gasteiger partial charge on any atom is -0.463 e. The SMILES string of the molecule is C=CCn1cnc2c(c1=O)c1nc3ccccc3nc1n2/N=C/c1ccco1. The summed E-state index contributed by atoms with van der Waals surface area (Å²) in [7, 11) is 0. The lowest BCUT2D eigenvalue weighted by atomic mass is 10.3. The summed E-state index contributed by atoms with van der Waals surface area (Å²) in [6.07, 6.45) is 6.23. The Bertz CT molecular complexity index is 1430. The van der Waals surface area contributed by atoms with Gasteiger partial charge in [0.05, 0.1) is 23.5 Å². The molecule has 28 heavy (non-hydrogen) atoms. The van der Waals surface area contributed by atoms with Gasteiger partial charge in [0.25, 0.3) is 5.56 Å². The zero-order valence-corrected chi connectivity index (χ0v) is 14.7. The van der Waals surface area contributed by atoms with Gasteiger partial charge in [-0.2, -0.15) is 9.78 Å². The van der Waals surface area contributed by atoms with E-state index in [-0.39, 0.29) is 5.56 Å². The average molecular weight is 370 g/mol. The van der Waals surface area contributed by atoms with E-state index >= 15 is 0 Å². The van der Waals surface area contributed by atoms with Crippen LogP contribution in [0.15, 0.2) is 76.0 Å². The lowest BCUT2D eigenvalue weighted by Crippen LogP contribution is -2.19. The molecule has 8 nitrogen and oxygen atoms in total. The van der Waals surface area contributed by atoms with Gasteiger partial charge in [-0.05, 0) is 24.3 Å². The van der Waals surface area contributed by atoms with E-state index in [1.54, 1.807) is 30.7 Å². The van der Waals surface area contributed by atoms with E-state index in [0.717, 1.165) is 0 Å². The predicted octanol–water partition coefficient (Wildman–Crippen LogP) is 2.96. The summed E-state index contributed by atoms with van der Waals surface area (Å²) in [5.41, 5.74) is 2.49. The topological polar surface area (TPSA) is 91.1 Å². The molecule has 0 unspecified atom stereocenters. The standard InChI is InChI=1S/C20H14N6O2/c1-2-9-25-12-21-18-16(20(25)27)17-19(24-15-8-4-3-7-14(15)23-17)26(18)22-11-13-6-5-10-28-13/h2-8,10-12H,1,9H2/b22-11+. The fourth-order valence-corrected chi connectivity index (χ4v) is 3.11. The molecule has 0 saturated carbocycles. The van der Waals surface area contributed by atoms with Crippen molar-refractivity contribution in [1.29, 1.82) is 0 Å². The van der Waals surface area contributed by atoms with Crippen molar-refractivity contribution in [3.05, 3.63) is 77.8 Å². The van der Waals surface area contributed by atoms with E-state index in [4.69, 9.17) is 4.42 Å². The Labute approximate surface area is 158 Å². The van der Waals surface area contributed by atoms with Crippen LogP contribution < -0.4 is 5.56 Å². The monoisotopic (exact) mass is 370 g/mol. The molecule has 1 aromatic carbocycles. The molecule has 0 aliphatic heterocycles. The van der Waals surface area contributed by atoms with Crippen molar-refractivity contribution in [2.24, 2.45) is 5.10 Å². The fourth-order valence-electron chi connectivity index (χ4n) is 3.11. The lowest BCUT2D eigenvalue weighted by molar-refractivity contribution is 0.559. The van der Waals surface area contributed by atoms with Crippen LogP contribution in [0, 0.1) is 0 Å². The molecule has 0 aliphatic carbocycles. The summed E-state index contributed by atoms with van der Waals surface area (Å²) in [4.78, 5) is 26.8. The van der Waals surface area contributed by atoms with Crippen LogP contribution in [0.3, 0.4) is 0 Å². The van der Waals surface area contributed by atoms with Crippen LogP contribution in [0.1, 0.15) is 5.76 Å². The molecule has 0 N–H and O–H groups in total. The van der Waals surface area contributed by atoms with E-state index < -0.39 is 0 Å². The highest BCUT2D eigenvalue weighted by Gasteiger charge is 2.19. The second-order valence-corrected chi connectivity index (χ2v) is 6.15. The van der Waals surface area contributed by atoms with Crippen LogP contribution in [-0.2, 0) is 6.54 Å². The second kappa shape index (κ2) is 6.27. The van der Waals surface area contributed by atoms with Crippen molar-refractivity contribution in [3.8, 4) is 0 Å². The van der Waals surface area contributed by atoms with E-state index in [1.807, 2.05) is 24.3 Å². The third-order valence-corrected chi connectivity index (χ3v) is 4.38. The van der Waals surface area contributed by atoms with Crippen molar-refractivity contribution in [3.63, 3.8) is 0 Å². The Morgan fingerprint density at radius 2 is 1.93 bits per heavy atom. The summed E-state index contributed by atoms with van der Waals surface area (Å²) in [6.45, 7) is 4.04. The maximum absolute atomic E-state index is 13.0. The van der Waals surface area contributed by atoms with Gasteiger partial charge in [-0.3, -0.25) is 9.36 Å². The molecule has 0 radical (unpaired) electrons. The number of benzene rings is 1. The number of nitrogens with zero attached hydrogens (tertiary/aromatic N) is 6. The van der Waals surface area contributed by atoms with E-state index in [9.17, 15) is 4.79 Å². The summed E-state index contributed by atoms with van der Waals surface area (Å²) >= 11 is 0. The van der Waals surface area contributed by atoms with E-state index in [0.29, 0.717) is 45.5 Å². The predicted molar refractivity (Wildman–Crippen MR) is 106 cm³/mol. The van der Waals surface area contributed by atoms with Gasteiger partial charge < -0.3 is 4.42 Å². The molecule has 5 rings (SSSR count). The molecule has 0 amide bonds. The van der Waals surface area contributed by atoms with Crippen molar-refractivity contribution >= 4 is 39.4 Å². The number of aromatic nitrogens is 5. The highest BCUT2D eigenvalue weighted by molar-refractivity contribution is 6.04. The molecule has 8 heteroatoms. The summed E-state index contributed by atoms with van der Waals surface area (Å²) in [5, 5.41) is 4.82. The van der Waals surface area contributed by atoms with Crippen LogP contribution in [0.25, 0.3) is 33.2 Å². The van der Waals surface area contributed by atoms with Crippen molar-refractivity contribution in [1.82, 2.24) is 24.2 Å². The van der Waals surface area contributed by atoms with Crippen LogP contribution in [0.5, 0.6) is 0 Å². The number of para-hydroxylation sites is 2. The Hall–Kier alpha value is -4.07. The molecule has 0 atom stereocenters. The van der Waals surface area contributed by atoms with Crippen molar-refractivity contribution in [2.45, 2.75) is 6.54 Å². The highest BCUT2D eigenvalue weighted by atomic mass is 16.3. The van der Waals surface area contributed by atoms with Crippen LogP contribution in [0.2, 0.25) is 0 Å². The van der Waals surface area contributed by atoms with Crippen molar-refractivity contribution in [2.75, 3.05) is 0 Å². The Morgan fingerprint density at radius 3 is 2.68 bits per heavy atom. The molecule has 0 spiro atoms. The third kappa shape index (κ3) is 2.43. The van der Waals surface area contributed by atoms with E-state index in [1.165, 1.54) is 15.6 Å². The third-order valence-electron chi connectivity index (χ3n) is 4.38. The smallest absolute Gasteiger partial charge is 0.265 e. The zero-order valence-electron chi connectivity index (χ0n) is 14.7. The average Bonchev–Trinajstić information content (AvgIpc) is 3.33. The lowest BCUT2D eigenvalue weighted by Gasteiger charge is -2.01. The molecular weight excluding hydrogens is 356 g/mol. The van der Waals surface area contributed by atoms with Crippen molar-refractivity contribution < 1.29 is 4.42 Å². The highest BCUT2D eigenvalue weighted by Crippen LogP contribution is 2.24. The first-order chi connectivity index (χ1) is 13.8. The van der Waals surface area contributed by atoms with Crippen LogP contribution in [0.4, 0.5) is 0 Å². The van der Waals surface area contributed by atoms with Gasteiger partial charge in [0.1, 0.15) is 23.0 Å². The Kier molecular flexibility index (Phi) is 3.61. The quantitative estimate of drug-likeness (QED) is 0.358. The van der Waals surface area contributed by atoms with Gasteiger partial charge in [0.2, 0.25) is 0 Å². The largest absolute Gasteiger partial charge is 0.463 e. The maximum atomic E-state index is 13.0. The van der Waals surface area contributed by atoms with Crippen LogP contribution in [-0.4, -0.2) is 30.4 Å². The number of hydrogen-bond donors (Lipinski definition) is 0. The summed E-state index contributed by atoms with van der Waals surface area (Å²) < 4.78 is 8.30. The normalized spacial score (nSPS) is 11.9. The summed E-state index contributed by atoms with van der Waals surface area (Å²) in [6, 6.07) is 11.0. The molecule has 136 valence electrons. The number of allylic oxidation sites excluding steroid dienone is 1. The molecule has 0 saturated heterocycles. The molecule has 5 aromatic rings. The minimum absolute atomic E-state index is 0.216. The van der Waals surface area contributed by atoms with Gasteiger partial charge >= 0.3 is 0 Å². The minimum atomic E-state index is -0.216.